The molecule has 82 valence electrons. The third-order valence-corrected chi connectivity index (χ3v) is 2.31. The van der Waals surface area contributed by atoms with Crippen LogP contribution in [0.25, 0.3) is 5.69 Å². The quantitative estimate of drug-likeness (QED) is 0.794. The van der Waals surface area contributed by atoms with Crippen molar-refractivity contribution in [2.45, 2.75) is 6.92 Å². The average molecular weight is 218 g/mol. The first-order valence-corrected chi connectivity index (χ1v) is 4.70. The minimum atomic E-state index is -1.01. The molecule has 1 aromatic heterocycles. The maximum atomic E-state index is 11.5. The first-order valence-electron chi connectivity index (χ1n) is 4.70. The molecule has 1 heterocycles. The van der Waals surface area contributed by atoms with Crippen molar-refractivity contribution < 1.29 is 9.90 Å². The van der Waals surface area contributed by atoms with Crippen molar-refractivity contribution in [3.63, 3.8) is 0 Å². The lowest BCUT2D eigenvalue weighted by Gasteiger charge is -2.04. The molecule has 5 heteroatoms. The van der Waals surface area contributed by atoms with Crippen LogP contribution in [0.5, 0.6) is 0 Å². The molecule has 0 amide bonds. The summed E-state index contributed by atoms with van der Waals surface area (Å²) in [6.45, 7) is 1.77. The number of carboxylic acids is 1. The molecule has 0 unspecified atom stereocenters. The van der Waals surface area contributed by atoms with Gasteiger partial charge < -0.3 is 10.1 Å². The number of hydrogen-bond acceptors (Lipinski definition) is 2. The van der Waals surface area contributed by atoms with Crippen molar-refractivity contribution in [2.24, 2.45) is 0 Å². The molecule has 2 aromatic rings. The fourth-order valence-corrected chi connectivity index (χ4v) is 1.55. The first kappa shape index (κ1) is 10.2. The number of nitrogens with one attached hydrogen (secondary N) is 1. The third kappa shape index (κ3) is 1.63. The molecular weight excluding hydrogens is 208 g/mol. The lowest BCUT2D eigenvalue weighted by atomic mass is 10.2. The maximum Gasteiger partial charge on any atom is 0.335 e. The van der Waals surface area contributed by atoms with E-state index in [4.69, 9.17) is 5.11 Å². The maximum absolute atomic E-state index is 11.5. The zero-order valence-electron chi connectivity index (χ0n) is 8.60. The molecule has 0 saturated heterocycles. The predicted octanol–water partition coefficient (Wildman–Crippen LogP) is 1.17. The van der Waals surface area contributed by atoms with E-state index in [0.29, 0.717) is 5.69 Å². The molecule has 0 aliphatic heterocycles. The molecule has 0 fully saturated rings. The van der Waals surface area contributed by atoms with Crippen LogP contribution in [0.2, 0.25) is 0 Å². The number of H-pyrrole nitrogens is 1. The molecule has 0 saturated carbocycles. The first-order chi connectivity index (χ1) is 7.59. The normalized spacial score (nSPS) is 10.3. The number of benzene rings is 1. The van der Waals surface area contributed by atoms with Gasteiger partial charge in [-0.05, 0) is 25.1 Å². The summed E-state index contributed by atoms with van der Waals surface area (Å²) in [5.41, 5.74) is 1.15. The highest BCUT2D eigenvalue weighted by atomic mass is 16.4. The van der Waals surface area contributed by atoms with Gasteiger partial charge in [0.1, 0.15) is 0 Å². The number of imidazole rings is 1. The van der Waals surface area contributed by atoms with Crippen LogP contribution < -0.4 is 5.69 Å². The molecule has 5 nitrogen and oxygen atoms in total. The second-order valence-electron chi connectivity index (χ2n) is 3.43. The zero-order chi connectivity index (χ0) is 11.7. The van der Waals surface area contributed by atoms with Crippen molar-refractivity contribution in [2.75, 3.05) is 0 Å². The number of carboxylic acid groups (broad SMARTS) is 1. The smallest absolute Gasteiger partial charge is 0.335 e. The van der Waals surface area contributed by atoms with Crippen LogP contribution in [-0.2, 0) is 0 Å². The molecular formula is C11H10N2O3. The minimum absolute atomic E-state index is 0.157. The van der Waals surface area contributed by atoms with E-state index in [9.17, 15) is 9.59 Å². The van der Waals surface area contributed by atoms with Crippen LogP contribution in [0.15, 0.2) is 35.3 Å². The summed E-state index contributed by atoms with van der Waals surface area (Å²) in [6, 6.07) is 6.25. The van der Waals surface area contributed by atoms with Gasteiger partial charge in [0.25, 0.3) is 0 Å². The van der Waals surface area contributed by atoms with Gasteiger partial charge in [-0.25, -0.2) is 9.59 Å². The van der Waals surface area contributed by atoms with Crippen molar-refractivity contribution in [3.8, 4) is 5.69 Å². The van der Waals surface area contributed by atoms with Crippen molar-refractivity contribution in [1.29, 1.82) is 0 Å². The third-order valence-electron chi connectivity index (χ3n) is 2.31. The Hall–Kier alpha value is -2.30. The number of carbonyl (C=O) groups is 1. The summed E-state index contributed by atoms with van der Waals surface area (Å²) in [6.07, 6.45) is 1.58. The summed E-state index contributed by atoms with van der Waals surface area (Å²) >= 11 is 0. The Morgan fingerprint density at radius 1 is 1.44 bits per heavy atom. The number of rotatable bonds is 2. The molecule has 2 rings (SSSR count). The average Bonchev–Trinajstić information content (AvgIpc) is 2.59. The Bertz CT molecular complexity index is 595. The van der Waals surface area contributed by atoms with Gasteiger partial charge in [-0.1, -0.05) is 6.07 Å². The van der Waals surface area contributed by atoms with E-state index in [1.807, 2.05) is 0 Å². The summed E-state index contributed by atoms with van der Waals surface area (Å²) in [5, 5.41) is 8.85. The van der Waals surface area contributed by atoms with Crippen LogP contribution in [0.1, 0.15) is 16.1 Å². The number of aromatic amines is 1. The van der Waals surface area contributed by atoms with Gasteiger partial charge in [-0.2, -0.15) is 0 Å². The van der Waals surface area contributed by atoms with E-state index in [2.05, 4.69) is 4.98 Å². The highest BCUT2D eigenvalue weighted by Gasteiger charge is 2.07. The highest BCUT2D eigenvalue weighted by molar-refractivity contribution is 5.88. The van der Waals surface area contributed by atoms with Crippen LogP contribution in [0.3, 0.4) is 0 Å². The molecule has 0 bridgehead atoms. The van der Waals surface area contributed by atoms with E-state index >= 15 is 0 Å². The van der Waals surface area contributed by atoms with E-state index in [1.165, 1.54) is 16.7 Å². The molecule has 0 radical (unpaired) electrons. The fourth-order valence-electron chi connectivity index (χ4n) is 1.55. The minimum Gasteiger partial charge on any atom is -0.478 e. The number of aryl methyl sites for hydroxylation is 1. The molecule has 0 spiro atoms. The molecule has 0 atom stereocenters. The van der Waals surface area contributed by atoms with E-state index in [1.54, 1.807) is 25.3 Å². The van der Waals surface area contributed by atoms with Crippen LogP contribution in [0, 0.1) is 6.92 Å². The van der Waals surface area contributed by atoms with E-state index in [0.717, 1.165) is 5.69 Å². The summed E-state index contributed by atoms with van der Waals surface area (Å²) in [5.74, 6) is -1.01. The second kappa shape index (κ2) is 3.69. The van der Waals surface area contributed by atoms with Gasteiger partial charge in [0, 0.05) is 11.9 Å². The van der Waals surface area contributed by atoms with Crippen molar-refractivity contribution in [3.05, 3.63) is 52.2 Å². The monoisotopic (exact) mass is 218 g/mol. The largest absolute Gasteiger partial charge is 0.478 e. The summed E-state index contributed by atoms with van der Waals surface area (Å²) in [7, 11) is 0. The van der Waals surface area contributed by atoms with Gasteiger partial charge in [0.05, 0.1) is 11.3 Å². The summed E-state index contributed by atoms with van der Waals surface area (Å²) in [4.78, 5) is 24.8. The zero-order valence-corrected chi connectivity index (χ0v) is 8.60. The van der Waals surface area contributed by atoms with Gasteiger partial charge in [-0.3, -0.25) is 4.57 Å². The Balaban J connectivity index is 2.61. The lowest BCUT2D eigenvalue weighted by molar-refractivity contribution is 0.0697. The van der Waals surface area contributed by atoms with Crippen LogP contribution in [-0.4, -0.2) is 20.6 Å². The molecule has 16 heavy (non-hydrogen) atoms. The molecule has 2 N–H and O–H groups in total. The Morgan fingerprint density at radius 2 is 2.19 bits per heavy atom. The lowest BCUT2D eigenvalue weighted by Crippen LogP contribution is -2.16. The van der Waals surface area contributed by atoms with E-state index < -0.39 is 5.97 Å². The standard InChI is InChI=1S/C11H10N2O3/c1-7-6-12-11(16)13(7)9-4-2-3-8(5-9)10(14)15/h2-6H,1H3,(H,12,16)(H,14,15). The SMILES string of the molecule is Cc1c[nH]c(=O)n1-c1cccc(C(=O)O)c1. The van der Waals surface area contributed by atoms with E-state index in [-0.39, 0.29) is 11.3 Å². The van der Waals surface area contributed by atoms with Crippen LogP contribution in [0.4, 0.5) is 0 Å². The number of aromatic carboxylic acids is 1. The Kier molecular flexibility index (Phi) is 2.36. The van der Waals surface area contributed by atoms with Gasteiger partial charge in [-0.15, -0.1) is 0 Å². The topological polar surface area (TPSA) is 75.1 Å². The predicted molar refractivity (Wildman–Crippen MR) is 58.1 cm³/mol. The number of hydrogen-bond donors (Lipinski definition) is 2. The Labute approximate surface area is 91.0 Å². The van der Waals surface area contributed by atoms with Crippen molar-refractivity contribution >= 4 is 5.97 Å². The second-order valence-corrected chi connectivity index (χ2v) is 3.43. The molecule has 1 aromatic carbocycles. The van der Waals surface area contributed by atoms with Crippen LogP contribution >= 0.6 is 0 Å². The fraction of sp³-hybridized carbons (Fsp3) is 0.0909. The highest BCUT2D eigenvalue weighted by Crippen LogP contribution is 2.10. The number of aromatic nitrogens is 2. The van der Waals surface area contributed by atoms with Crippen molar-refractivity contribution in [1.82, 2.24) is 9.55 Å². The summed E-state index contributed by atoms with van der Waals surface area (Å²) < 4.78 is 1.42. The molecule has 0 aliphatic rings. The number of nitrogens with zero attached hydrogens (tertiary/aromatic N) is 1. The van der Waals surface area contributed by atoms with Gasteiger partial charge in [0.2, 0.25) is 0 Å². The van der Waals surface area contributed by atoms with Gasteiger partial charge in [0.15, 0.2) is 0 Å². The Morgan fingerprint density at radius 3 is 2.75 bits per heavy atom. The molecule has 0 aliphatic carbocycles. The van der Waals surface area contributed by atoms with Gasteiger partial charge >= 0.3 is 11.7 Å².